The average molecular weight is 422 g/mol. The summed E-state index contributed by atoms with van der Waals surface area (Å²) in [5, 5.41) is 5.52. The number of ether oxygens (including phenoxy) is 1. The molecule has 1 aromatic heterocycles. The van der Waals surface area contributed by atoms with E-state index in [1.165, 1.54) is 35.3 Å². The Morgan fingerprint density at radius 1 is 1.36 bits per heavy atom. The van der Waals surface area contributed by atoms with Gasteiger partial charge in [-0.05, 0) is 43.4 Å². The second-order valence-corrected chi connectivity index (χ2v) is 9.03. The maximum atomic E-state index is 12.9. The molecular weight excluding hydrogens is 394 g/mol. The molecule has 2 aliphatic carbocycles. The Bertz CT molecular complexity index is 882. The summed E-state index contributed by atoms with van der Waals surface area (Å²) in [6.45, 7) is 6.58. The fourth-order valence-electron chi connectivity index (χ4n) is 4.22. The molecule has 0 aliphatic heterocycles. The summed E-state index contributed by atoms with van der Waals surface area (Å²) in [4.78, 5) is 17.5. The molecule has 0 radical (unpaired) electrons. The van der Waals surface area contributed by atoms with Crippen LogP contribution in [0.25, 0.3) is 11.3 Å². The number of nitrogens with two attached hydrogens (primary N) is 1. The third-order valence-corrected chi connectivity index (χ3v) is 7.11. The molecule has 1 amide bonds. The third kappa shape index (κ3) is 3.36. The van der Waals surface area contributed by atoms with Gasteiger partial charge in [-0.25, -0.2) is 4.98 Å². The lowest BCUT2D eigenvalue weighted by molar-refractivity contribution is -0.166. The first-order valence-corrected chi connectivity index (χ1v) is 10.5. The molecule has 0 bridgehead atoms. The van der Waals surface area contributed by atoms with Crippen molar-refractivity contribution in [3.63, 3.8) is 0 Å². The van der Waals surface area contributed by atoms with Crippen molar-refractivity contribution in [1.82, 2.24) is 4.98 Å². The Balaban J connectivity index is 0.00000225. The van der Waals surface area contributed by atoms with Crippen LogP contribution in [0.2, 0.25) is 0 Å². The maximum Gasteiger partial charge on any atom is 0.246 e. The van der Waals surface area contributed by atoms with E-state index in [9.17, 15) is 4.79 Å². The topological polar surface area (TPSA) is 77.2 Å². The number of nitrogens with one attached hydrogen (secondary N) is 1. The van der Waals surface area contributed by atoms with Crippen LogP contribution in [0.1, 0.15) is 44.7 Å². The highest BCUT2D eigenvalue weighted by atomic mass is 35.5. The largest absolute Gasteiger partial charge is 0.378 e. The molecule has 28 heavy (non-hydrogen) atoms. The van der Waals surface area contributed by atoms with Crippen LogP contribution >= 0.6 is 23.7 Å². The molecule has 2 aromatic rings. The van der Waals surface area contributed by atoms with Crippen molar-refractivity contribution in [2.24, 2.45) is 11.1 Å². The number of hydrogen-bond donors (Lipinski definition) is 2. The Morgan fingerprint density at radius 3 is 2.82 bits per heavy atom. The van der Waals surface area contributed by atoms with Gasteiger partial charge >= 0.3 is 0 Å². The molecule has 3 N–H and O–H groups in total. The number of anilines is 1. The minimum Gasteiger partial charge on any atom is -0.378 e. The highest BCUT2D eigenvalue weighted by molar-refractivity contribution is 7.14. The Morgan fingerprint density at radius 2 is 2.11 bits per heavy atom. The smallest absolute Gasteiger partial charge is 0.246 e. The minimum absolute atomic E-state index is 0. The molecule has 1 heterocycles. The van der Waals surface area contributed by atoms with Gasteiger partial charge in [0.1, 0.15) is 5.54 Å². The second-order valence-electron chi connectivity index (χ2n) is 8.17. The van der Waals surface area contributed by atoms with Crippen LogP contribution in [0.5, 0.6) is 0 Å². The second kappa shape index (κ2) is 7.75. The normalized spacial score (nSPS) is 24.8. The van der Waals surface area contributed by atoms with E-state index in [0.29, 0.717) is 18.2 Å². The molecule has 4 rings (SSSR count). The van der Waals surface area contributed by atoms with Gasteiger partial charge in [0, 0.05) is 29.4 Å². The van der Waals surface area contributed by atoms with Crippen LogP contribution in [0.3, 0.4) is 0 Å². The van der Waals surface area contributed by atoms with Gasteiger partial charge in [0.15, 0.2) is 5.13 Å². The van der Waals surface area contributed by atoms with Crippen molar-refractivity contribution >= 4 is 34.8 Å². The van der Waals surface area contributed by atoms with Crippen LogP contribution in [-0.4, -0.2) is 29.1 Å². The summed E-state index contributed by atoms with van der Waals surface area (Å²) in [7, 11) is 0. The summed E-state index contributed by atoms with van der Waals surface area (Å²) in [6.07, 6.45) is 4.08. The van der Waals surface area contributed by atoms with Gasteiger partial charge in [0.05, 0.1) is 11.8 Å². The van der Waals surface area contributed by atoms with Gasteiger partial charge in [-0.1, -0.05) is 26.0 Å². The number of thiazole rings is 1. The first kappa shape index (κ1) is 21.2. The zero-order valence-electron chi connectivity index (χ0n) is 16.6. The maximum absolute atomic E-state index is 12.9. The Kier molecular flexibility index (Phi) is 5.88. The zero-order valence-corrected chi connectivity index (χ0v) is 18.2. The molecule has 5 nitrogen and oxygen atoms in total. The van der Waals surface area contributed by atoms with E-state index in [1.54, 1.807) is 0 Å². The van der Waals surface area contributed by atoms with Gasteiger partial charge in [0.2, 0.25) is 5.91 Å². The van der Waals surface area contributed by atoms with Crippen LogP contribution in [0.4, 0.5) is 5.13 Å². The summed E-state index contributed by atoms with van der Waals surface area (Å²) in [6, 6.07) is 6.56. The number of hydrogen-bond acceptors (Lipinski definition) is 5. The fourth-order valence-corrected chi connectivity index (χ4v) is 4.94. The van der Waals surface area contributed by atoms with Gasteiger partial charge in [0.25, 0.3) is 0 Å². The van der Waals surface area contributed by atoms with Crippen LogP contribution in [-0.2, 0) is 22.4 Å². The molecule has 1 aromatic carbocycles. The van der Waals surface area contributed by atoms with Crippen molar-refractivity contribution in [3.05, 3.63) is 34.7 Å². The highest BCUT2D eigenvalue weighted by Gasteiger charge is 2.63. The summed E-state index contributed by atoms with van der Waals surface area (Å²) >= 11 is 1.44. The van der Waals surface area contributed by atoms with E-state index < -0.39 is 11.0 Å². The van der Waals surface area contributed by atoms with E-state index in [1.807, 2.05) is 26.2 Å². The fraction of sp³-hybridized carbons (Fsp3) is 0.524. The summed E-state index contributed by atoms with van der Waals surface area (Å²) in [5.74, 6) is -0.182. The number of fused-ring (bicyclic) bond motifs is 1. The number of halogens is 1. The first-order valence-electron chi connectivity index (χ1n) is 9.65. The molecule has 2 atom stereocenters. The van der Waals surface area contributed by atoms with Crippen molar-refractivity contribution in [2.75, 3.05) is 11.9 Å². The number of carbonyl (C=O) groups is 1. The predicted octanol–water partition coefficient (Wildman–Crippen LogP) is 4.19. The van der Waals surface area contributed by atoms with Gasteiger partial charge in [-0.15, -0.1) is 23.7 Å². The number of benzene rings is 1. The minimum atomic E-state index is -0.938. The average Bonchev–Trinajstić information content (AvgIpc) is 3.29. The van der Waals surface area contributed by atoms with E-state index in [2.05, 4.69) is 28.5 Å². The predicted molar refractivity (Wildman–Crippen MR) is 116 cm³/mol. The monoisotopic (exact) mass is 421 g/mol. The number of carbonyl (C=O) groups excluding carboxylic acids is 1. The van der Waals surface area contributed by atoms with E-state index in [4.69, 9.17) is 10.5 Å². The van der Waals surface area contributed by atoms with Crippen LogP contribution in [0.15, 0.2) is 23.6 Å². The number of amides is 1. The summed E-state index contributed by atoms with van der Waals surface area (Å²) in [5.41, 5.74) is 9.98. The molecule has 0 spiro atoms. The van der Waals surface area contributed by atoms with Gasteiger partial charge in [-0.2, -0.15) is 0 Å². The van der Waals surface area contributed by atoms with Crippen LogP contribution in [0, 0.1) is 5.41 Å². The molecule has 1 fully saturated rings. The third-order valence-electron chi connectivity index (χ3n) is 6.35. The molecule has 1 saturated carbocycles. The van der Waals surface area contributed by atoms with Crippen LogP contribution < -0.4 is 11.1 Å². The number of rotatable bonds is 5. The number of aryl methyl sites for hydroxylation is 2. The zero-order chi connectivity index (χ0) is 19.2. The standard InChI is InChI=1S/C21H27N3O2S.ClH/c1-4-26-17-11-21(22,20(17,2)3)18(25)24-19-23-16(12-27-19)15-9-8-13-6-5-7-14(13)10-15;/h8-10,12,17H,4-7,11,22H2,1-3H3,(H,23,24,25);1H. The summed E-state index contributed by atoms with van der Waals surface area (Å²) < 4.78 is 5.71. The van der Waals surface area contributed by atoms with E-state index in [0.717, 1.165) is 17.7 Å². The molecule has 2 unspecified atom stereocenters. The van der Waals surface area contributed by atoms with Crippen molar-refractivity contribution < 1.29 is 9.53 Å². The van der Waals surface area contributed by atoms with Crippen molar-refractivity contribution in [1.29, 1.82) is 0 Å². The lowest BCUT2D eigenvalue weighted by Gasteiger charge is -2.57. The number of nitrogens with zero attached hydrogens (tertiary/aromatic N) is 1. The molecule has 0 saturated heterocycles. The molecule has 152 valence electrons. The lowest BCUT2D eigenvalue weighted by Crippen LogP contribution is -2.74. The Labute approximate surface area is 176 Å². The highest BCUT2D eigenvalue weighted by Crippen LogP contribution is 2.50. The van der Waals surface area contributed by atoms with Gasteiger partial charge in [-0.3, -0.25) is 4.79 Å². The van der Waals surface area contributed by atoms with E-state index in [-0.39, 0.29) is 24.4 Å². The number of aromatic nitrogens is 1. The molecule has 7 heteroatoms. The van der Waals surface area contributed by atoms with Crippen molar-refractivity contribution in [3.8, 4) is 11.3 Å². The first-order chi connectivity index (χ1) is 12.8. The van der Waals surface area contributed by atoms with Gasteiger partial charge < -0.3 is 15.8 Å². The lowest BCUT2D eigenvalue weighted by atomic mass is 9.54. The SMILES string of the molecule is CCOC1CC(N)(C(=O)Nc2nc(-c3ccc4c(c3)CCC4)cs2)C1(C)C.Cl. The molecular formula is C21H28ClN3O2S. The van der Waals surface area contributed by atoms with Crippen molar-refractivity contribution in [2.45, 2.75) is 58.1 Å². The van der Waals surface area contributed by atoms with E-state index >= 15 is 0 Å². The quantitative estimate of drug-likeness (QED) is 0.758. The Hall–Kier alpha value is -1.47. The molecule has 2 aliphatic rings.